The van der Waals surface area contributed by atoms with Gasteiger partial charge in [-0.1, -0.05) is 34.4 Å². The number of amides is 4. The molecule has 7 saturated heterocycles. The average molecular weight is 1150 g/mol. The number of ether oxygens (including phenoxy) is 1. The number of hydrogen-bond donors (Lipinski definition) is 4. The van der Waals surface area contributed by atoms with Crippen molar-refractivity contribution in [3.05, 3.63) is 91.7 Å². The minimum atomic E-state index is -0.541. The Hall–Kier alpha value is -5.03. The third-order valence-corrected chi connectivity index (χ3v) is 22.8. The number of fused-ring (bicyclic) bond motifs is 6. The van der Waals surface area contributed by atoms with Crippen LogP contribution in [0.15, 0.2) is 48.5 Å². The van der Waals surface area contributed by atoms with E-state index in [9.17, 15) is 14.4 Å². The van der Waals surface area contributed by atoms with E-state index in [0.29, 0.717) is 68.3 Å². The summed E-state index contributed by atoms with van der Waals surface area (Å²) < 4.78 is 5.40. The van der Waals surface area contributed by atoms with Gasteiger partial charge in [0.2, 0.25) is 11.8 Å². The van der Waals surface area contributed by atoms with Crippen molar-refractivity contribution in [3.8, 4) is 22.5 Å². The zero-order chi connectivity index (χ0) is 57.2. The number of carbonyl (C=O) groups is 3. The highest BCUT2D eigenvalue weighted by Crippen LogP contribution is 2.47. The molecule has 2 aromatic carbocycles. The number of aryl methyl sites for hydroxylation is 4. The molecule has 13 nitrogen and oxygen atoms in total. The first-order valence-electron chi connectivity index (χ1n) is 31.3. The van der Waals surface area contributed by atoms with Crippen LogP contribution in [-0.2, 0) is 38.0 Å². The fraction of sp³-hybridized carbons (Fsp3) is 0.597. The molecule has 7 aliphatic rings. The van der Waals surface area contributed by atoms with Gasteiger partial charge in [0.25, 0.3) is 0 Å². The number of urea groups is 1. The number of thiophene rings is 2. The van der Waals surface area contributed by atoms with Crippen LogP contribution < -0.4 is 11.1 Å². The lowest BCUT2D eigenvalue weighted by molar-refractivity contribution is -0.138. The molecule has 7 aliphatic heterocycles. The molecule has 11 heterocycles. The third kappa shape index (κ3) is 11.5. The molecule has 4 aromatic heterocycles. The van der Waals surface area contributed by atoms with Gasteiger partial charge in [-0.25, -0.2) is 4.79 Å². The molecule has 4 amide bonds. The molecule has 15 heteroatoms. The molecule has 0 aliphatic carbocycles. The van der Waals surface area contributed by atoms with Crippen molar-refractivity contribution in [2.24, 2.45) is 5.73 Å². The highest BCUT2D eigenvalue weighted by atomic mass is 32.1. The second-order valence-corrected chi connectivity index (χ2v) is 29.0. The summed E-state index contributed by atoms with van der Waals surface area (Å²) in [6.45, 7) is 26.0. The second-order valence-electron chi connectivity index (χ2n) is 26.9. The van der Waals surface area contributed by atoms with Crippen LogP contribution in [0.5, 0.6) is 0 Å². The van der Waals surface area contributed by atoms with Crippen LogP contribution in [0, 0.1) is 27.7 Å². The van der Waals surface area contributed by atoms with Gasteiger partial charge in [-0.3, -0.25) is 9.59 Å². The van der Waals surface area contributed by atoms with Gasteiger partial charge in [-0.2, -0.15) is 0 Å². The quantitative estimate of drug-likeness (QED) is 0.0901. The van der Waals surface area contributed by atoms with Crippen LogP contribution in [-0.4, -0.2) is 154 Å². The van der Waals surface area contributed by atoms with E-state index in [1.165, 1.54) is 133 Å². The molecule has 82 heavy (non-hydrogen) atoms. The normalized spacial score (nSPS) is 23.0. The van der Waals surface area contributed by atoms with Crippen LogP contribution >= 0.6 is 22.7 Å². The van der Waals surface area contributed by atoms with Crippen LogP contribution in [0.4, 0.5) is 4.79 Å². The molecule has 0 radical (unpaired) electrons. The topological polar surface area (TPSA) is 146 Å². The van der Waals surface area contributed by atoms with Gasteiger partial charge in [0.05, 0.1) is 35.4 Å². The molecule has 6 aromatic rings. The Morgan fingerprint density at radius 2 is 0.927 bits per heavy atom. The Morgan fingerprint density at radius 1 is 0.549 bits per heavy atom. The summed E-state index contributed by atoms with van der Waals surface area (Å²) in [7, 11) is 0. The maximum absolute atomic E-state index is 14.0. The minimum Gasteiger partial charge on any atom is -0.378 e. The van der Waals surface area contributed by atoms with Gasteiger partial charge in [-0.05, 0) is 217 Å². The molecular formula is C67H91N9O4S2. The lowest BCUT2D eigenvalue weighted by Gasteiger charge is -2.34. The van der Waals surface area contributed by atoms with Crippen LogP contribution in [0.2, 0.25) is 0 Å². The van der Waals surface area contributed by atoms with Crippen molar-refractivity contribution in [1.29, 1.82) is 0 Å². The SMILES string of the molecule is Cc1cc(C)cc(-c2[nH]c3sc(C(C)(C)C(=O)N4C5CCC4CC5)cc3c2CCN2CCC(N)CC2)c1.Cc1cc(C)cc(-c2[nH]c3sc(C(C)(C)C(=O)N4C5CCC4CC5)cc3c2CCN2CCC(NC(=O)N3CCOCC3)CC2)c1. The van der Waals surface area contributed by atoms with Crippen molar-refractivity contribution in [2.75, 3.05) is 65.6 Å². The number of nitrogens with two attached hydrogens (primary N) is 1. The lowest BCUT2D eigenvalue weighted by atomic mass is 9.88. The average Bonchev–Trinajstić information content (AvgIpc) is 4.54. The highest BCUT2D eigenvalue weighted by molar-refractivity contribution is 7.19. The number of aromatic amines is 2. The fourth-order valence-electron chi connectivity index (χ4n) is 15.3. The molecule has 0 atom stereocenters. The number of morpholine rings is 1. The number of benzene rings is 2. The van der Waals surface area contributed by atoms with E-state index in [4.69, 9.17) is 10.5 Å². The summed E-state index contributed by atoms with van der Waals surface area (Å²) in [5.74, 6) is 0.623. The third-order valence-electron chi connectivity index (χ3n) is 20.1. The Balaban J connectivity index is 0.000000165. The summed E-state index contributed by atoms with van der Waals surface area (Å²) in [6, 6.07) is 20.7. The first-order chi connectivity index (χ1) is 39.4. The van der Waals surface area contributed by atoms with E-state index in [1.807, 2.05) is 4.90 Å². The predicted octanol–water partition coefficient (Wildman–Crippen LogP) is 11.9. The van der Waals surface area contributed by atoms with Gasteiger partial charge in [0, 0.05) is 96.0 Å². The Morgan fingerprint density at radius 3 is 1.32 bits per heavy atom. The molecule has 7 fully saturated rings. The maximum atomic E-state index is 14.0. The molecule has 0 unspecified atom stereocenters. The number of nitrogens with one attached hydrogen (secondary N) is 3. The first kappa shape index (κ1) is 57.4. The number of nitrogens with zero attached hydrogens (tertiary/aromatic N) is 5. The maximum Gasteiger partial charge on any atom is 0.317 e. The molecule has 0 saturated carbocycles. The molecular weight excluding hydrogens is 1060 g/mol. The second kappa shape index (κ2) is 23.4. The minimum absolute atomic E-state index is 0.0524. The Bertz CT molecular complexity index is 3230. The van der Waals surface area contributed by atoms with Gasteiger partial charge in [0.15, 0.2) is 0 Å². The van der Waals surface area contributed by atoms with Crippen molar-refractivity contribution in [3.63, 3.8) is 0 Å². The number of hydrogen-bond acceptors (Lipinski definition) is 9. The first-order valence-corrected chi connectivity index (χ1v) is 33.0. The van der Waals surface area contributed by atoms with Crippen molar-refractivity contribution in [1.82, 2.24) is 39.8 Å². The number of H-pyrrole nitrogens is 2. The summed E-state index contributed by atoms with van der Waals surface area (Å²) in [6.07, 6.45) is 15.4. The summed E-state index contributed by atoms with van der Waals surface area (Å²) in [4.78, 5) is 64.4. The number of likely N-dealkylation sites (tertiary alicyclic amines) is 2. The number of rotatable bonds is 13. The summed E-state index contributed by atoms with van der Waals surface area (Å²) in [5.41, 5.74) is 17.9. The molecule has 440 valence electrons. The standard InChI is InChI=1S/C36H49N5O3S.C31H42N4OS/c1-23-19-24(2)21-25(20-23)32-29(11-14-39-12-9-26(10-13-39)37-35(43)40-15-17-44-18-16-40)30-22-31(45-33(30)38-32)36(3,4)34(42)41-27-5-6-28(41)8-7-27;1-19-15-20(2)17-21(16-19)28-25(11-14-34-12-9-22(32)10-13-34)26-18-27(37-29(26)33-28)31(3,4)30(36)35-23-5-6-24(35)8-7-23/h19-22,26-28,38H,5-18H2,1-4H3,(H,37,43);15-18,22-24,33H,5-14,32H2,1-4H3. The van der Waals surface area contributed by atoms with E-state index in [1.54, 1.807) is 22.7 Å². The van der Waals surface area contributed by atoms with Gasteiger partial charge in [-0.15, -0.1) is 22.7 Å². The van der Waals surface area contributed by atoms with E-state index < -0.39 is 10.8 Å². The summed E-state index contributed by atoms with van der Waals surface area (Å²) in [5, 5.41) is 5.83. The largest absolute Gasteiger partial charge is 0.378 e. The Kier molecular flexibility index (Phi) is 16.4. The molecule has 4 bridgehead atoms. The van der Waals surface area contributed by atoms with Crippen molar-refractivity contribution >= 4 is 61.0 Å². The van der Waals surface area contributed by atoms with Crippen LogP contribution in [0.25, 0.3) is 42.9 Å². The van der Waals surface area contributed by atoms with Gasteiger partial charge >= 0.3 is 6.03 Å². The van der Waals surface area contributed by atoms with Gasteiger partial charge < -0.3 is 50.3 Å². The smallest absolute Gasteiger partial charge is 0.317 e. The van der Waals surface area contributed by atoms with E-state index in [-0.39, 0.29) is 12.1 Å². The van der Waals surface area contributed by atoms with E-state index in [0.717, 1.165) is 82.7 Å². The van der Waals surface area contributed by atoms with Crippen molar-refractivity contribution in [2.45, 2.75) is 192 Å². The molecule has 5 N–H and O–H groups in total. The van der Waals surface area contributed by atoms with E-state index in [2.05, 4.69) is 139 Å². The van der Waals surface area contributed by atoms with E-state index >= 15 is 0 Å². The predicted molar refractivity (Wildman–Crippen MR) is 335 cm³/mol. The highest BCUT2D eigenvalue weighted by Gasteiger charge is 2.49. The zero-order valence-electron chi connectivity index (χ0n) is 50.3. The van der Waals surface area contributed by atoms with Crippen molar-refractivity contribution < 1.29 is 19.1 Å². The van der Waals surface area contributed by atoms with Gasteiger partial charge in [0.1, 0.15) is 9.66 Å². The molecule has 0 spiro atoms. The van der Waals surface area contributed by atoms with Crippen LogP contribution in [0.1, 0.15) is 148 Å². The summed E-state index contributed by atoms with van der Waals surface area (Å²) >= 11 is 3.54. The lowest BCUT2D eigenvalue weighted by Crippen LogP contribution is -2.52. The number of carbonyl (C=O) groups excluding carboxylic acids is 3. The zero-order valence-corrected chi connectivity index (χ0v) is 51.9. The fourth-order valence-corrected chi connectivity index (χ4v) is 17.7. The molecule has 13 rings (SSSR count). The Labute approximate surface area is 495 Å². The number of aromatic nitrogens is 2. The monoisotopic (exact) mass is 1150 g/mol. The number of piperidine rings is 2. The van der Waals surface area contributed by atoms with Crippen LogP contribution in [0.3, 0.4) is 0 Å².